The first kappa shape index (κ1) is 33.5. The van der Waals surface area contributed by atoms with Gasteiger partial charge in [-0.1, -0.05) is 0 Å². The highest BCUT2D eigenvalue weighted by atomic mass is 32.2. The topological polar surface area (TPSA) is 215 Å². The highest BCUT2D eigenvalue weighted by Crippen LogP contribution is 2.25. The molecule has 2 aliphatic heterocycles. The molecule has 0 amide bonds. The number of nitrogens with zero attached hydrogens (tertiary/aromatic N) is 8. The average Bonchev–Trinajstić information content (AvgIpc) is 3.51. The van der Waals surface area contributed by atoms with Gasteiger partial charge >= 0.3 is 32.0 Å². The molecule has 2 aliphatic rings. The Morgan fingerprint density at radius 1 is 0.833 bits per heavy atom. The van der Waals surface area contributed by atoms with E-state index in [2.05, 4.69) is 18.6 Å². The molecule has 0 aliphatic carbocycles. The van der Waals surface area contributed by atoms with Gasteiger partial charge in [0, 0.05) is 39.3 Å². The summed E-state index contributed by atoms with van der Waals surface area (Å²) in [4.78, 5) is 20.7. The second-order valence-corrected chi connectivity index (χ2v) is 13.5. The standard InChI is InChI=1S/2C11H18N4O5S/c1-9-11(15(16)17)7-12-14(9)8-10-3-5-13(6-4-10)21(18,19)20-2;1-9-11(15(16)17)8-13(12-9)7-10-3-5-14(6-4-10)21(18,19)20-2/h7,10H,3-6,8H2,1-2H3;8,10H,3-7H2,1-2H3. The molecule has 0 unspecified atom stereocenters. The molecule has 0 spiro atoms. The van der Waals surface area contributed by atoms with Crippen molar-refractivity contribution in [2.75, 3.05) is 40.4 Å². The number of aromatic nitrogens is 4. The molecule has 2 aromatic rings. The van der Waals surface area contributed by atoms with Gasteiger partial charge in [-0.2, -0.15) is 35.6 Å². The molecule has 0 aromatic carbocycles. The van der Waals surface area contributed by atoms with E-state index in [0.29, 0.717) is 76.3 Å². The lowest BCUT2D eigenvalue weighted by atomic mass is 9.98. The molecule has 0 atom stereocenters. The summed E-state index contributed by atoms with van der Waals surface area (Å²) in [6, 6.07) is 0. The molecule has 18 nitrogen and oxygen atoms in total. The second kappa shape index (κ2) is 14.0. The fourth-order valence-corrected chi connectivity index (χ4v) is 6.67. The van der Waals surface area contributed by atoms with Crippen molar-refractivity contribution in [1.82, 2.24) is 28.2 Å². The van der Waals surface area contributed by atoms with Gasteiger partial charge in [0.25, 0.3) is 0 Å². The number of hydrogen-bond acceptors (Lipinski definition) is 12. The minimum atomic E-state index is -3.61. The van der Waals surface area contributed by atoms with Crippen molar-refractivity contribution in [3.05, 3.63) is 44.0 Å². The van der Waals surface area contributed by atoms with Crippen LogP contribution in [0.1, 0.15) is 37.1 Å². The molecule has 4 rings (SSSR count). The Labute approximate surface area is 244 Å². The van der Waals surface area contributed by atoms with Gasteiger partial charge in [-0.25, -0.2) is 0 Å². The molecule has 2 aromatic heterocycles. The van der Waals surface area contributed by atoms with E-state index in [9.17, 15) is 37.1 Å². The highest BCUT2D eigenvalue weighted by Gasteiger charge is 2.30. The van der Waals surface area contributed by atoms with Gasteiger partial charge in [-0.15, -0.1) is 0 Å². The highest BCUT2D eigenvalue weighted by molar-refractivity contribution is 7.84. The molecule has 0 N–H and O–H groups in total. The smallest absolute Gasteiger partial charge is 0.265 e. The number of rotatable bonds is 10. The van der Waals surface area contributed by atoms with Gasteiger partial charge in [0.1, 0.15) is 23.8 Å². The largest absolute Gasteiger partial charge is 0.338 e. The maximum absolute atomic E-state index is 11.6. The van der Waals surface area contributed by atoms with Crippen molar-refractivity contribution in [1.29, 1.82) is 0 Å². The second-order valence-electron chi connectivity index (χ2n) is 10.1. The Morgan fingerprint density at radius 2 is 1.29 bits per heavy atom. The van der Waals surface area contributed by atoms with Crippen molar-refractivity contribution >= 4 is 32.0 Å². The summed E-state index contributed by atoms with van der Waals surface area (Å²) in [5.74, 6) is 0.485. The number of piperidine rings is 2. The lowest BCUT2D eigenvalue weighted by Gasteiger charge is -2.30. The third-order valence-corrected chi connectivity index (χ3v) is 10.3. The van der Waals surface area contributed by atoms with Gasteiger partial charge < -0.3 is 0 Å². The van der Waals surface area contributed by atoms with Crippen molar-refractivity contribution in [3.8, 4) is 0 Å². The van der Waals surface area contributed by atoms with Crippen LogP contribution in [0, 0.1) is 45.9 Å². The van der Waals surface area contributed by atoms with Crippen LogP contribution in [0.25, 0.3) is 0 Å². The zero-order valence-corrected chi connectivity index (χ0v) is 25.5. The van der Waals surface area contributed by atoms with Crippen LogP contribution in [0.5, 0.6) is 0 Å². The van der Waals surface area contributed by atoms with Crippen LogP contribution >= 0.6 is 0 Å². The first-order valence-electron chi connectivity index (χ1n) is 13.1. The fraction of sp³-hybridized carbons (Fsp3) is 0.727. The van der Waals surface area contributed by atoms with Crippen LogP contribution in [-0.2, 0) is 42.1 Å². The van der Waals surface area contributed by atoms with Crippen molar-refractivity contribution < 1.29 is 35.0 Å². The summed E-state index contributed by atoms with van der Waals surface area (Å²) in [5, 5.41) is 29.7. The van der Waals surface area contributed by atoms with E-state index in [1.165, 1.54) is 21.0 Å². The number of nitro groups is 2. The molecule has 2 saturated heterocycles. The van der Waals surface area contributed by atoms with Gasteiger partial charge in [0.15, 0.2) is 0 Å². The first-order chi connectivity index (χ1) is 19.7. The molecule has 0 saturated carbocycles. The number of aryl methyl sites for hydroxylation is 1. The van der Waals surface area contributed by atoms with E-state index in [-0.39, 0.29) is 23.2 Å². The average molecular weight is 637 g/mol. The van der Waals surface area contributed by atoms with Crippen LogP contribution in [0.2, 0.25) is 0 Å². The molecule has 0 bridgehead atoms. The molecule has 42 heavy (non-hydrogen) atoms. The third kappa shape index (κ3) is 8.28. The maximum atomic E-state index is 11.6. The van der Waals surface area contributed by atoms with Crippen LogP contribution < -0.4 is 0 Å². The fourth-order valence-electron chi connectivity index (χ4n) is 4.93. The van der Waals surface area contributed by atoms with Crippen LogP contribution in [0.15, 0.2) is 12.4 Å². The van der Waals surface area contributed by atoms with Crippen LogP contribution in [0.3, 0.4) is 0 Å². The van der Waals surface area contributed by atoms with Crippen LogP contribution in [0.4, 0.5) is 11.4 Å². The Balaban J connectivity index is 0.000000230. The Morgan fingerprint density at radius 3 is 1.67 bits per heavy atom. The van der Waals surface area contributed by atoms with E-state index >= 15 is 0 Å². The maximum Gasteiger partial charge on any atom is 0.338 e. The summed E-state index contributed by atoms with van der Waals surface area (Å²) in [6.45, 7) is 5.94. The van der Waals surface area contributed by atoms with Crippen molar-refractivity contribution in [2.45, 2.75) is 52.6 Å². The molecule has 4 heterocycles. The van der Waals surface area contributed by atoms with Crippen molar-refractivity contribution in [3.63, 3.8) is 0 Å². The molecule has 20 heteroatoms. The van der Waals surface area contributed by atoms with Gasteiger partial charge in [-0.3, -0.25) is 38.0 Å². The molecule has 2 fully saturated rings. The van der Waals surface area contributed by atoms with E-state index in [0.717, 1.165) is 14.2 Å². The summed E-state index contributed by atoms with van der Waals surface area (Å²) >= 11 is 0. The zero-order valence-electron chi connectivity index (χ0n) is 23.9. The number of hydrogen-bond donors (Lipinski definition) is 0. The minimum Gasteiger partial charge on any atom is -0.265 e. The van der Waals surface area contributed by atoms with E-state index in [1.54, 1.807) is 23.2 Å². The summed E-state index contributed by atoms with van der Waals surface area (Å²) in [7, 11) is -4.93. The monoisotopic (exact) mass is 636 g/mol. The lowest BCUT2D eigenvalue weighted by molar-refractivity contribution is -0.385. The van der Waals surface area contributed by atoms with Gasteiger partial charge in [0.05, 0.1) is 24.1 Å². The summed E-state index contributed by atoms with van der Waals surface area (Å²) < 4.78 is 61.0. The minimum absolute atomic E-state index is 0.00870. The molecule has 0 radical (unpaired) electrons. The predicted molar refractivity (Wildman–Crippen MR) is 148 cm³/mol. The Hall–Kier alpha value is -3.04. The van der Waals surface area contributed by atoms with Crippen molar-refractivity contribution in [2.24, 2.45) is 11.8 Å². The lowest BCUT2D eigenvalue weighted by Crippen LogP contribution is -2.39. The Bertz CT molecular complexity index is 1450. The van der Waals surface area contributed by atoms with E-state index < -0.39 is 30.5 Å². The first-order valence-corrected chi connectivity index (χ1v) is 15.9. The van der Waals surface area contributed by atoms with Gasteiger partial charge in [-0.05, 0) is 51.4 Å². The molecular formula is C22H36N8O10S2. The molecule has 236 valence electrons. The Kier molecular flexibility index (Phi) is 11.1. The van der Waals surface area contributed by atoms with Crippen LogP contribution in [-0.4, -0.2) is 95.3 Å². The van der Waals surface area contributed by atoms with E-state index in [4.69, 9.17) is 0 Å². The zero-order chi connectivity index (χ0) is 31.2. The normalized spacial score (nSPS) is 18.0. The SMILES string of the molecule is COS(=O)(=O)N1CCC(Cn2cc([N+](=O)[O-])c(C)n2)CC1.COS(=O)(=O)N1CCC(Cn2ncc([N+](=O)[O-])c2C)CC1. The predicted octanol–water partition coefficient (Wildman–Crippen LogP) is 1.41. The third-order valence-electron chi connectivity index (χ3n) is 7.47. The molecular weight excluding hydrogens is 600 g/mol. The quantitative estimate of drug-likeness (QED) is 0.267. The van der Waals surface area contributed by atoms with Gasteiger partial charge in [0.2, 0.25) is 0 Å². The van der Waals surface area contributed by atoms with E-state index in [1.807, 2.05) is 0 Å². The summed E-state index contributed by atoms with van der Waals surface area (Å²) in [6.07, 6.45) is 5.38. The summed E-state index contributed by atoms with van der Waals surface area (Å²) in [5.41, 5.74) is 0.926.